The standard InChI is InChI=1S/C16H25NO2/c1-12(2)13(3)10-16(19)17-9-8-14-4-6-15(11-18)7-5-14/h4-7,12-13,18H,8-11H2,1-3H3,(H,17,19). The van der Waals surface area contributed by atoms with E-state index >= 15 is 0 Å². The van der Waals surface area contributed by atoms with Crippen molar-refractivity contribution in [1.29, 1.82) is 0 Å². The molecule has 0 saturated heterocycles. The van der Waals surface area contributed by atoms with Crippen molar-refractivity contribution < 1.29 is 9.90 Å². The van der Waals surface area contributed by atoms with Crippen LogP contribution in [-0.2, 0) is 17.8 Å². The van der Waals surface area contributed by atoms with Gasteiger partial charge in [0.15, 0.2) is 0 Å². The van der Waals surface area contributed by atoms with Gasteiger partial charge in [0.2, 0.25) is 5.91 Å². The monoisotopic (exact) mass is 263 g/mol. The van der Waals surface area contributed by atoms with Gasteiger partial charge in [0.1, 0.15) is 0 Å². The number of hydrogen-bond donors (Lipinski definition) is 2. The summed E-state index contributed by atoms with van der Waals surface area (Å²) in [4.78, 5) is 11.7. The van der Waals surface area contributed by atoms with Crippen molar-refractivity contribution in [2.45, 2.75) is 40.2 Å². The Morgan fingerprint density at radius 1 is 1.16 bits per heavy atom. The summed E-state index contributed by atoms with van der Waals surface area (Å²) >= 11 is 0. The molecule has 1 atom stereocenters. The maximum absolute atomic E-state index is 11.7. The Bertz CT molecular complexity index is 384. The van der Waals surface area contributed by atoms with Crippen LogP contribution >= 0.6 is 0 Å². The molecular weight excluding hydrogens is 238 g/mol. The predicted molar refractivity (Wildman–Crippen MR) is 77.7 cm³/mol. The van der Waals surface area contributed by atoms with Crippen molar-refractivity contribution in [1.82, 2.24) is 5.32 Å². The molecule has 1 aromatic rings. The average Bonchev–Trinajstić information content (AvgIpc) is 2.39. The van der Waals surface area contributed by atoms with Crippen molar-refractivity contribution in [3.8, 4) is 0 Å². The van der Waals surface area contributed by atoms with Crippen LogP contribution in [0, 0.1) is 11.8 Å². The van der Waals surface area contributed by atoms with Gasteiger partial charge in [-0.2, -0.15) is 0 Å². The third kappa shape index (κ3) is 5.88. The highest BCUT2D eigenvalue weighted by Crippen LogP contribution is 2.13. The number of hydrogen-bond acceptors (Lipinski definition) is 2. The van der Waals surface area contributed by atoms with Gasteiger partial charge in [-0.05, 0) is 29.4 Å². The van der Waals surface area contributed by atoms with Gasteiger partial charge in [-0.25, -0.2) is 0 Å². The number of rotatable bonds is 7. The Kier molecular flexibility index (Phi) is 6.57. The zero-order chi connectivity index (χ0) is 14.3. The van der Waals surface area contributed by atoms with E-state index < -0.39 is 0 Å². The number of aliphatic hydroxyl groups excluding tert-OH is 1. The molecule has 1 unspecified atom stereocenters. The fourth-order valence-electron chi connectivity index (χ4n) is 1.76. The van der Waals surface area contributed by atoms with Gasteiger partial charge < -0.3 is 10.4 Å². The minimum atomic E-state index is 0.0735. The van der Waals surface area contributed by atoms with Crippen molar-refractivity contribution in [3.05, 3.63) is 35.4 Å². The molecule has 2 N–H and O–H groups in total. The molecule has 0 heterocycles. The van der Waals surface area contributed by atoms with Crippen LogP contribution in [0.25, 0.3) is 0 Å². The molecule has 1 aromatic carbocycles. The highest BCUT2D eigenvalue weighted by molar-refractivity contribution is 5.76. The molecule has 19 heavy (non-hydrogen) atoms. The van der Waals surface area contributed by atoms with Crippen LogP contribution in [-0.4, -0.2) is 17.6 Å². The maximum atomic E-state index is 11.7. The van der Waals surface area contributed by atoms with Gasteiger partial charge in [0.25, 0.3) is 0 Å². The molecule has 0 aliphatic carbocycles. The number of benzene rings is 1. The SMILES string of the molecule is CC(C)C(C)CC(=O)NCCc1ccc(CO)cc1. The Hall–Kier alpha value is -1.35. The molecule has 1 rings (SSSR count). The fourth-order valence-corrected chi connectivity index (χ4v) is 1.76. The molecule has 0 fully saturated rings. The van der Waals surface area contributed by atoms with E-state index in [2.05, 4.69) is 26.1 Å². The van der Waals surface area contributed by atoms with E-state index in [0.717, 1.165) is 12.0 Å². The number of nitrogens with one attached hydrogen (secondary N) is 1. The first-order valence-electron chi connectivity index (χ1n) is 6.98. The van der Waals surface area contributed by atoms with Gasteiger partial charge in [0, 0.05) is 13.0 Å². The minimum absolute atomic E-state index is 0.0735. The van der Waals surface area contributed by atoms with Gasteiger partial charge in [0.05, 0.1) is 6.61 Å². The smallest absolute Gasteiger partial charge is 0.220 e. The molecular formula is C16H25NO2. The van der Waals surface area contributed by atoms with E-state index in [1.165, 1.54) is 5.56 Å². The Morgan fingerprint density at radius 2 is 1.74 bits per heavy atom. The van der Waals surface area contributed by atoms with Crippen molar-refractivity contribution in [2.75, 3.05) is 6.54 Å². The van der Waals surface area contributed by atoms with Gasteiger partial charge in [-0.1, -0.05) is 45.0 Å². The average molecular weight is 263 g/mol. The highest BCUT2D eigenvalue weighted by Gasteiger charge is 2.11. The van der Waals surface area contributed by atoms with E-state index in [-0.39, 0.29) is 12.5 Å². The summed E-state index contributed by atoms with van der Waals surface area (Å²) in [7, 11) is 0. The molecule has 0 radical (unpaired) electrons. The van der Waals surface area contributed by atoms with E-state index in [0.29, 0.717) is 24.8 Å². The second-order valence-electron chi connectivity index (χ2n) is 5.50. The second kappa shape index (κ2) is 7.95. The van der Waals surface area contributed by atoms with Crippen LogP contribution < -0.4 is 5.32 Å². The molecule has 3 heteroatoms. The van der Waals surface area contributed by atoms with Crippen LogP contribution in [0.15, 0.2) is 24.3 Å². The highest BCUT2D eigenvalue weighted by atomic mass is 16.3. The molecule has 0 aliphatic heterocycles. The largest absolute Gasteiger partial charge is 0.392 e. The topological polar surface area (TPSA) is 49.3 Å². The summed E-state index contributed by atoms with van der Waals surface area (Å²) in [5.41, 5.74) is 2.09. The molecule has 3 nitrogen and oxygen atoms in total. The van der Waals surface area contributed by atoms with Crippen LogP contribution in [0.4, 0.5) is 0 Å². The first-order chi connectivity index (χ1) is 9.02. The summed E-state index contributed by atoms with van der Waals surface area (Å²) in [6, 6.07) is 7.82. The summed E-state index contributed by atoms with van der Waals surface area (Å²) in [6.45, 7) is 7.13. The summed E-state index contributed by atoms with van der Waals surface area (Å²) in [5, 5.41) is 11.9. The summed E-state index contributed by atoms with van der Waals surface area (Å²) in [6.07, 6.45) is 1.43. The Labute approximate surface area is 116 Å². The third-order valence-corrected chi connectivity index (χ3v) is 3.59. The van der Waals surface area contributed by atoms with Crippen molar-refractivity contribution in [3.63, 3.8) is 0 Å². The lowest BCUT2D eigenvalue weighted by molar-refractivity contribution is -0.122. The zero-order valence-electron chi connectivity index (χ0n) is 12.1. The number of carbonyl (C=O) groups excluding carboxylic acids is 1. The maximum Gasteiger partial charge on any atom is 0.220 e. The molecule has 106 valence electrons. The van der Waals surface area contributed by atoms with Crippen molar-refractivity contribution >= 4 is 5.91 Å². The van der Waals surface area contributed by atoms with E-state index in [1.54, 1.807) is 0 Å². The van der Waals surface area contributed by atoms with E-state index in [9.17, 15) is 4.79 Å². The lowest BCUT2D eigenvalue weighted by Gasteiger charge is -2.14. The predicted octanol–water partition coefficient (Wildman–Crippen LogP) is 2.52. The van der Waals surface area contributed by atoms with E-state index in [4.69, 9.17) is 5.11 Å². The third-order valence-electron chi connectivity index (χ3n) is 3.59. The van der Waals surface area contributed by atoms with Crippen LogP contribution in [0.1, 0.15) is 38.3 Å². The summed E-state index contributed by atoms with van der Waals surface area (Å²) < 4.78 is 0. The normalized spacial score (nSPS) is 12.5. The molecule has 0 spiro atoms. The number of aliphatic hydroxyl groups is 1. The van der Waals surface area contributed by atoms with Crippen molar-refractivity contribution in [2.24, 2.45) is 11.8 Å². The van der Waals surface area contributed by atoms with E-state index in [1.807, 2.05) is 24.3 Å². The van der Waals surface area contributed by atoms with Crippen LogP contribution in [0.2, 0.25) is 0 Å². The molecule has 0 bridgehead atoms. The molecule has 1 amide bonds. The lowest BCUT2D eigenvalue weighted by atomic mass is 9.94. The van der Waals surface area contributed by atoms with Crippen LogP contribution in [0.3, 0.4) is 0 Å². The number of amides is 1. The van der Waals surface area contributed by atoms with Gasteiger partial charge in [-0.3, -0.25) is 4.79 Å². The first kappa shape index (κ1) is 15.7. The zero-order valence-corrected chi connectivity index (χ0v) is 12.1. The number of carbonyl (C=O) groups is 1. The lowest BCUT2D eigenvalue weighted by Crippen LogP contribution is -2.28. The minimum Gasteiger partial charge on any atom is -0.392 e. The molecule has 0 aliphatic rings. The summed E-state index contributed by atoms with van der Waals surface area (Å²) in [5.74, 6) is 1.09. The first-order valence-corrected chi connectivity index (χ1v) is 6.98. The Balaban J connectivity index is 2.27. The van der Waals surface area contributed by atoms with Gasteiger partial charge in [-0.15, -0.1) is 0 Å². The second-order valence-corrected chi connectivity index (χ2v) is 5.50. The van der Waals surface area contributed by atoms with Crippen LogP contribution in [0.5, 0.6) is 0 Å². The quantitative estimate of drug-likeness (QED) is 0.794. The molecule has 0 saturated carbocycles. The molecule has 0 aromatic heterocycles. The fraction of sp³-hybridized carbons (Fsp3) is 0.562. The van der Waals surface area contributed by atoms with Gasteiger partial charge >= 0.3 is 0 Å². The Morgan fingerprint density at radius 3 is 2.26 bits per heavy atom.